The lowest BCUT2D eigenvalue weighted by atomic mass is 10.3. The lowest BCUT2D eigenvalue weighted by Gasteiger charge is -1.99. The van der Waals surface area contributed by atoms with Gasteiger partial charge >= 0.3 is 1.43 Å². The Kier molecular flexibility index (Phi) is 7.92. The highest BCUT2D eigenvalue weighted by molar-refractivity contribution is 4.45. The fourth-order valence-electron chi connectivity index (χ4n) is 0.729. The minimum Gasteiger partial charge on any atom is -0.317 e. The van der Waals surface area contributed by atoms with E-state index in [2.05, 4.69) is 19.2 Å². The molecule has 0 spiro atoms. The van der Waals surface area contributed by atoms with Crippen LogP contribution in [-0.2, 0) is 0 Å². The highest BCUT2D eigenvalue weighted by Crippen LogP contribution is 1.85. The van der Waals surface area contributed by atoms with Crippen LogP contribution in [0, 0.1) is 0 Å². The molecule has 56 valence electrons. The molecule has 0 bridgehead atoms. The van der Waals surface area contributed by atoms with E-state index >= 15 is 0 Å². The summed E-state index contributed by atoms with van der Waals surface area (Å²) in [5, 5.41) is 3.39. The van der Waals surface area contributed by atoms with E-state index in [0.717, 1.165) is 0 Å². The van der Waals surface area contributed by atoms with E-state index in [-0.39, 0.29) is 1.43 Å². The number of nitrogens with one attached hydrogen (secondary N) is 1. The van der Waals surface area contributed by atoms with Gasteiger partial charge in [-0.15, -0.1) is 0 Å². The Morgan fingerprint density at radius 3 is 1.78 bits per heavy atom. The summed E-state index contributed by atoms with van der Waals surface area (Å²) in [6.07, 6.45) is 5.26. The molecule has 9 heavy (non-hydrogen) atoms. The summed E-state index contributed by atoms with van der Waals surface area (Å²) >= 11 is 0. The van der Waals surface area contributed by atoms with Crippen LogP contribution in [0.15, 0.2) is 0 Å². The van der Waals surface area contributed by atoms with E-state index in [1.165, 1.54) is 38.8 Å². The van der Waals surface area contributed by atoms with E-state index in [1.807, 2.05) is 0 Å². The molecule has 0 aliphatic rings. The van der Waals surface area contributed by atoms with Crippen molar-refractivity contribution >= 4 is 0 Å². The summed E-state index contributed by atoms with van der Waals surface area (Å²) in [7, 11) is 0. The van der Waals surface area contributed by atoms with Crippen molar-refractivity contribution in [3.63, 3.8) is 0 Å². The molecule has 0 fully saturated rings. The molecule has 0 aromatic rings. The molecular formula is C8H20N+. The van der Waals surface area contributed by atoms with Gasteiger partial charge in [0.15, 0.2) is 0 Å². The van der Waals surface area contributed by atoms with E-state index in [0.29, 0.717) is 0 Å². The predicted molar refractivity (Wildman–Crippen MR) is 43.8 cm³/mol. The zero-order valence-electron chi connectivity index (χ0n) is 7.74. The quantitative estimate of drug-likeness (QED) is 0.544. The Balaban J connectivity index is 0. The van der Waals surface area contributed by atoms with Gasteiger partial charge in [0.05, 0.1) is 0 Å². The van der Waals surface area contributed by atoms with Gasteiger partial charge in [-0.25, -0.2) is 0 Å². The summed E-state index contributed by atoms with van der Waals surface area (Å²) in [6.45, 7) is 6.86. The molecule has 0 saturated heterocycles. The zero-order chi connectivity index (χ0) is 6.95. The summed E-state index contributed by atoms with van der Waals surface area (Å²) in [6, 6.07) is 0. The average molecular weight is 130 g/mol. The van der Waals surface area contributed by atoms with Gasteiger partial charge in [0.2, 0.25) is 0 Å². The van der Waals surface area contributed by atoms with Crippen molar-refractivity contribution in [2.45, 2.75) is 39.5 Å². The molecule has 0 aliphatic carbocycles. The van der Waals surface area contributed by atoms with Crippen molar-refractivity contribution in [2.24, 2.45) is 0 Å². The van der Waals surface area contributed by atoms with Gasteiger partial charge in [0.1, 0.15) is 0 Å². The summed E-state index contributed by atoms with van der Waals surface area (Å²) in [4.78, 5) is 0. The van der Waals surface area contributed by atoms with E-state index in [1.54, 1.807) is 0 Å². The first-order valence-corrected chi connectivity index (χ1v) is 4.12. The van der Waals surface area contributed by atoms with Crippen molar-refractivity contribution < 1.29 is 1.43 Å². The Morgan fingerprint density at radius 1 is 1.00 bits per heavy atom. The second-order valence-electron chi connectivity index (χ2n) is 2.46. The topological polar surface area (TPSA) is 12.0 Å². The van der Waals surface area contributed by atoms with Crippen LogP contribution < -0.4 is 5.32 Å². The first-order valence-electron chi connectivity index (χ1n) is 4.12. The number of hydrogen-bond acceptors (Lipinski definition) is 1. The standard InChI is InChI=1S/C8H19N/c1-3-5-7-9-8-6-4-2/h9H,3-8H2,1-2H3/p+1. The van der Waals surface area contributed by atoms with Gasteiger partial charge in [0.25, 0.3) is 0 Å². The van der Waals surface area contributed by atoms with Crippen molar-refractivity contribution in [1.82, 2.24) is 5.32 Å². The van der Waals surface area contributed by atoms with Gasteiger partial charge < -0.3 is 5.32 Å². The van der Waals surface area contributed by atoms with Crippen molar-refractivity contribution in [2.75, 3.05) is 13.1 Å². The average Bonchev–Trinajstić information content (AvgIpc) is 1.89. The van der Waals surface area contributed by atoms with Crippen LogP contribution in [-0.4, -0.2) is 13.1 Å². The molecule has 0 aliphatic heterocycles. The first-order chi connectivity index (χ1) is 4.41. The number of unbranched alkanes of at least 4 members (excludes halogenated alkanes) is 2. The fraction of sp³-hybridized carbons (Fsp3) is 1.00. The molecule has 1 nitrogen and oxygen atoms in total. The Hall–Kier alpha value is -0.0400. The van der Waals surface area contributed by atoms with Crippen molar-refractivity contribution in [3.05, 3.63) is 0 Å². The fourth-order valence-corrected chi connectivity index (χ4v) is 0.729. The first kappa shape index (κ1) is 8.96. The Bertz CT molecular complexity index is 42.5. The van der Waals surface area contributed by atoms with Crippen LogP contribution in [0.25, 0.3) is 0 Å². The largest absolute Gasteiger partial charge is 1.00 e. The minimum absolute atomic E-state index is 0. The summed E-state index contributed by atoms with van der Waals surface area (Å²) in [5.41, 5.74) is 0. The molecule has 1 heteroatoms. The molecule has 0 saturated carbocycles. The van der Waals surface area contributed by atoms with Crippen LogP contribution >= 0.6 is 0 Å². The molecule has 0 heterocycles. The Morgan fingerprint density at radius 2 is 1.44 bits per heavy atom. The zero-order valence-corrected chi connectivity index (χ0v) is 6.74. The second kappa shape index (κ2) is 7.96. The highest BCUT2D eigenvalue weighted by Gasteiger charge is 1.83. The minimum atomic E-state index is 0. The SMILES string of the molecule is CCCCNCCCC.[H+]. The summed E-state index contributed by atoms with van der Waals surface area (Å²) in [5.74, 6) is 0. The second-order valence-corrected chi connectivity index (χ2v) is 2.46. The third-order valence-corrected chi connectivity index (χ3v) is 1.41. The van der Waals surface area contributed by atoms with E-state index in [4.69, 9.17) is 0 Å². The van der Waals surface area contributed by atoms with Crippen LogP contribution in [0.2, 0.25) is 0 Å². The smallest absolute Gasteiger partial charge is 0.317 e. The molecule has 0 rings (SSSR count). The maximum Gasteiger partial charge on any atom is 1.00 e. The molecule has 0 radical (unpaired) electrons. The normalized spacial score (nSPS) is 10.0. The molecule has 0 atom stereocenters. The van der Waals surface area contributed by atoms with Crippen molar-refractivity contribution in [1.29, 1.82) is 0 Å². The van der Waals surface area contributed by atoms with Crippen LogP contribution in [0.5, 0.6) is 0 Å². The lowest BCUT2D eigenvalue weighted by Crippen LogP contribution is -2.15. The van der Waals surface area contributed by atoms with Crippen LogP contribution in [0.4, 0.5) is 0 Å². The van der Waals surface area contributed by atoms with Crippen LogP contribution in [0.1, 0.15) is 41.0 Å². The molecule has 0 aromatic heterocycles. The molecular weight excluding hydrogens is 110 g/mol. The molecule has 1 N–H and O–H groups in total. The third kappa shape index (κ3) is 7.96. The van der Waals surface area contributed by atoms with Gasteiger partial charge in [-0.1, -0.05) is 26.7 Å². The lowest BCUT2D eigenvalue weighted by molar-refractivity contribution is 0.611. The van der Waals surface area contributed by atoms with Gasteiger partial charge in [-0.3, -0.25) is 0 Å². The summed E-state index contributed by atoms with van der Waals surface area (Å²) < 4.78 is 0. The van der Waals surface area contributed by atoms with Gasteiger partial charge in [-0.05, 0) is 25.9 Å². The van der Waals surface area contributed by atoms with E-state index in [9.17, 15) is 0 Å². The highest BCUT2D eigenvalue weighted by atomic mass is 14.8. The van der Waals surface area contributed by atoms with Crippen molar-refractivity contribution in [3.8, 4) is 0 Å². The molecule has 0 aromatic carbocycles. The maximum absolute atomic E-state index is 3.39. The Labute approximate surface area is 60.3 Å². The third-order valence-electron chi connectivity index (χ3n) is 1.41. The number of rotatable bonds is 6. The van der Waals surface area contributed by atoms with Gasteiger partial charge in [0, 0.05) is 0 Å². The monoisotopic (exact) mass is 130 g/mol. The van der Waals surface area contributed by atoms with Crippen LogP contribution in [0.3, 0.4) is 0 Å². The van der Waals surface area contributed by atoms with Gasteiger partial charge in [-0.2, -0.15) is 0 Å². The molecule has 0 unspecified atom stereocenters. The maximum atomic E-state index is 3.39. The molecule has 0 amide bonds. The predicted octanol–water partition coefficient (Wildman–Crippen LogP) is 2.29. The van der Waals surface area contributed by atoms with E-state index < -0.39 is 0 Å². The number of hydrogen-bond donors (Lipinski definition) is 1.